The van der Waals surface area contributed by atoms with Gasteiger partial charge in [-0.05, 0) is 35.9 Å². The third-order valence-corrected chi connectivity index (χ3v) is 2.87. The maximum Gasteiger partial charge on any atom is 0.183 e. The van der Waals surface area contributed by atoms with E-state index in [0.29, 0.717) is 11.1 Å². The van der Waals surface area contributed by atoms with Crippen LogP contribution in [0.4, 0.5) is 8.78 Å². The summed E-state index contributed by atoms with van der Waals surface area (Å²) >= 11 is 5.65. The molecule has 0 atom stereocenters. The lowest BCUT2D eigenvalue weighted by atomic mass is 10.1. The second-order valence-corrected chi connectivity index (χ2v) is 4.56. The molecule has 2 rings (SSSR count). The number of benzene rings is 2. The molecule has 0 aliphatic heterocycles. The van der Waals surface area contributed by atoms with Gasteiger partial charge in [0.05, 0.1) is 5.02 Å². The normalized spacial score (nSPS) is 9.90. The lowest BCUT2D eigenvalue weighted by Gasteiger charge is -2.08. The van der Waals surface area contributed by atoms with E-state index in [4.69, 9.17) is 21.4 Å². The number of hydrogen-bond acceptors (Lipinski definition) is 2. The van der Waals surface area contributed by atoms with E-state index in [-0.39, 0.29) is 24.0 Å². The number of halogens is 3. The van der Waals surface area contributed by atoms with Crippen LogP contribution in [0, 0.1) is 23.5 Å². The topological polar surface area (TPSA) is 29.5 Å². The molecule has 108 valence electrons. The molecule has 1 N–H and O–H groups in total. The third kappa shape index (κ3) is 4.19. The molecule has 0 saturated carbocycles. The van der Waals surface area contributed by atoms with Gasteiger partial charge in [-0.25, -0.2) is 8.78 Å². The van der Waals surface area contributed by atoms with Crippen LogP contribution in [-0.2, 0) is 6.61 Å². The second kappa shape index (κ2) is 7.07. The number of aliphatic hydroxyl groups excluding tert-OH is 1. The zero-order valence-corrected chi connectivity index (χ0v) is 11.6. The predicted octanol–water partition coefficient (Wildman–Crippen LogP) is 3.54. The van der Waals surface area contributed by atoms with Crippen molar-refractivity contribution in [3.63, 3.8) is 0 Å². The molecular formula is C16H11ClF2O2. The molecule has 21 heavy (non-hydrogen) atoms. The highest BCUT2D eigenvalue weighted by Gasteiger charge is 2.08. The van der Waals surface area contributed by atoms with E-state index in [9.17, 15) is 8.78 Å². The first-order valence-electron chi connectivity index (χ1n) is 6.06. The molecule has 0 aliphatic carbocycles. The van der Waals surface area contributed by atoms with Crippen LogP contribution in [-0.4, -0.2) is 11.7 Å². The molecule has 2 aromatic carbocycles. The van der Waals surface area contributed by atoms with Gasteiger partial charge >= 0.3 is 0 Å². The van der Waals surface area contributed by atoms with Crippen LogP contribution in [0.1, 0.15) is 11.1 Å². The minimum absolute atomic E-state index is 0.00486. The van der Waals surface area contributed by atoms with Gasteiger partial charge < -0.3 is 9.84 Å². The Bertz CT molecular complexity index is 705. The first kappa shape index (κ1) is 15.3. The number of ether oxygens (including phenoxy) is 1. The fraction of sp³-hybridized carbons (Fsp3) is 0.125. The van der Waals surface area contributed by atoms with E-state index in [0.717, 1.165) is 0 Å². The van der Waals surface area contributed by atoms with Gasteiger partial charge in [-0.1, -0.05) is 29.5 Å². The van der Waals surface area contributed by atoms with Crippen molar-refractivity contribution < 1.29 is 18.6 Å². The Hall–Kier alpha value is -2.09. The van der Waals surface area contributed by atoms with Gasteiger partial charge in [-0.2, -0.15) is 0 Å². The van der Waals surface area contributed by atoms with Gasteiger partial charge in [0.25, 0.3) is 0 Å². The Kier molecular flexibility index (Phi) is 5.15. The van der Waals surface area contributed by atoms with Gasteiger partial charge in [-0.15, -0.1) is 0 Å². The molecule has 0 aliphatic rings. The summed E-state index contributed by atoms with van der Waals surface area (Å²) in [5.74, 6) is 3.89. The fourth-order valence-electron chi connectivity index (χ4n) is 1.70. The average molecular weight is 309 g/mol. The smallest absolute Gasteiger partial charge is 0.183 e. The molecule has 0 heterocycles. The van der Waals surface area contributed by atoms with Crippen molar-refractivity contribution >= 4 is 11.6 Å². The molecule has 0 aromatic heterocycles. The van der Waals surface area contributed by atoms with E-state index >= 15 is 0 Å². The highest BCUT2D eigenvalue weighted by atomic mass is 35.5. The number of aliphatic hydroxyl groups is 1. The van der Waals surface area contributed by atoms with E-state index in [1.54, 1.807) is 12.1 Å². The zero-order valence-electron chi connectivity index (χ0n) is 10.9. The molecule has 2 nitrogen and oxygen atoms in total. The summed E-state index contributed by atoms with van der Waals surface area (Å²) < 4.78 is 32.4. The van der Waals surface area contributed by atoms with Gasteiger partial charge in [0, 0.05) is 5.56 Å². The van der Waals surface area contributed by atoms with Crippen LogP contribution in [0.2, 0.25) is 5.02 Å². The van der Waals surface area contributed by atoms with Gasteiger partial charge in [0.1, 0.15) is 19.0 Å². The number of rotatable bonds is 3. The monoisotopic (exact) mass is 308 g/mol. The van der Waals surface area contributed by atoms with Gasteiger partial charge in [-0.3, -0.25) is 0 Å². The van der Waals surface area contributed by atoms with Crippen molar-refractivity contribution in [2.45, 2.75) is 6.61 Å². The molecule has 0 unspecified atom stereocenters. The highest BCUT2D eigenvalue weighted by Crippen LogP contribution is 2.25. The fourth-order valence-corrected chi connectivity index (χ4v) is 1.87. The van der Waals surface area contributed by atoms with Crippen LogP contribution in [0.3, 0.4) is 0 Å². The molecule has 2 aromatic rings. The first-order chi connectivity index (χ1) is 10.1. The van der Waals surface area contributed by atoms with Crippen LogP contribution < -0.4 is 4.74 Å². The van der Waals surface area contributed by atoms with Crippen molar-refractivity contribution in [3.05, 3.63) is 64.2 Å². The van der Waals surface area contributed by atoms with Crippen molar-refractivity contribution in [3.8, 4) is 17.6 Å². The largest absolute Gasteiger partial charge is 0.486 e. The Morgan fingerprint density at radius 1 is 1.19 bits per heavy atom. The Labute approximate surface area is 125 Å². The summed E-state index contributed by atoms with van der Waals surface area (Å²) in [6.45, 7) is -0.334. The van der Waals surface area contributed by atoms with Crippen LogP contribution >= 0.6 is 11.6 Å². The van der Waals surface area contributed by atoms with Crippen molar-refractivity contribution in [1.82, 2.24) is 0 Å². The SMILES string of the molecule is OCC#Cc1cc(F)cc(COc2cccc(Cl)c2F)c1. The molecule has 5 heteroatoms. The number of hydrogen-bond donors (Lipinski definition) is 1. The summed E-state index contributed by atoms with van der Waals surface area (Å²) in [7, 11) is 0. The van der Waals surface area contributed by atoms with Crippen molar-refractivity contribution in [2.24, 2.45) is 0 Å². The summed E-state index contributed by atoms with van der Waals surface area (Å²) in [4.78, 5) is 0. The van der Waals surface area contributed by atoms with Crippen LogP contribution in [0.15, 0.2) is 36.4 Å². The Balaban J connectivity index is 2.16. The quantitative estimate of drug-likeness (QED) is 0.879. The zero-order chi connectivity index (χ0) is 15.2. The molecule has 0 amide bonds. The van der Waals surface area contributed by atoms with Gasteiger partial charge in [0.15, 0.2) is 11.6 Å². The van der Waals surface area contributed by atoms with Crippen LogP contribution in [0.5, 0.6) is 5.75 Å². The lowest BCUT2D eigenvalue weighted by molar-refractivity contribution is 0.290. The summed E-state index contributed by atoms with van der Waals surface area (Å²) in [5.41, 5.74) is 0.908. The second-order valence-electron chi connectivity index (χ2n) is 4.15. The van der Waals surface area contributed by atoms with E-state index in [1.807, 2.05) is 0 Å². The third-order valence-electron chi connectivity index (χ3n) is 2.58. The van der Waals surface area contributed by atoms with Crippen LogP contribution in [0.25, 0.3) is 0 Å². The minimum atomic E-state index is -0.657. The molecular weight excluding hydrogens is 298 g/mol. The predicted molar refractivity (Wildman–Crippen MR) is 76.1 cm³/mol. The molecule has 0 saturated heterocycles. The average Bonchev–Trinajstić information content (AvgIpc) is 2.46. The Morgan fingerprint density at radius 3 is 2.76 bits per heavy atom. The van der Waals surface area contributed by atoms with E-state index in [1.165, 1.54) is 24.3 Å². The van der Waals surface area contributed by atoms with E-state index < -0.39 is 11.6 Å². The molecule has 0 radical (unpaired) electrons. The van der Waals surface area contributed by atoms with Crippen molar-refractivity contribution in [1.29, 1.82) is 0 Å². The lowest BCUT2D eigenvalue weighted by Crippen LogP contribution is -1.99. The molecule has 0 fully saturated rings. The summed E-state index contributed by atoms with van der Waals surface area (Å²) in [5, 5.41) is 8.59. The standard InChI is InChI=1S/C16H11ClF2O2/c17-14-4-1-5-15(16(14)19)21-10-12-7-11(3-2-6-20)8-13(18)9-12/h1,4-5,7-9,20H,6,10H2. The minimum Gasteiger partial charge on any atom is -0.486 e. The molecule has 0 bridgehead atoms. The van der Waals surface area contributed by atoms with Gasteiger partial charge in [0.2, 0.25) is 0 Å². The first-order valence-corrected chi connectivity index (χ1v) is 6.44. The maximum absolute atomic E-state index is 13.6. The Morgan fingerprint density at radius 2 is 2.00 bits per heavy atom. The maximum atomic E-state index is 13.6. The van der Waals surface area contributed by atoms with Crippen molar-refractivity contribution in [2.75, 3.05) is 6.61 Å². The summed E-state index contributed by atoms with van der Waals surface area (Å²) in [6.07, 6.45) is 0. The summed E-state index contributed by atoms with van der Waals surface area (Å²) in [6, 6.07) is 8.53. The molecule has 0 spiro atoms. The highest BCUT2D eigenvalue weighted by molar-refractivity contribution is 6.30. The van der Waals surface area contributed by atoms with E-state index in [2.05, 4.69) is 11.8 Å².